The first-order valence-corrected chi connectivity index (χ1v) is 8.50. The highest BCUT2D eigenvalue weighted by Crippen LogP contribution is 2.38. The van der Waals surface area contributed by atoms with Crippen LogP contribution in [0.25, 0.3) is 0 Å². The number of hydrogen-bond acceptors (Lipinski definition) is 3. The summed E-state index contributed by atoms with van der Waals surface area (Å²) in [5, 5.41) is 0. The summed E-state index contributed by atoms with van der Waals surface area (Å²) < 4.78 is 65.6. The largest absolute Gasteiger partial charge is 0.417 e. The van der Waals surface area contributed by atoms with Crippen LogP contribution in [0.2, 0.25) is 0 Å². The topological polar surface area (TPSA) is 63.4 Å². The number of nitrogens with two attached hydrogens (primary N) is 1. The van der Waals surface area contributed by atoms with Crippen molar-refractivity contribution in [2.75, 3.05) is 13.1 Å². The fourth-order valence-electron chi connectivity index (χ4n) is 2.44. The molecule has 1 aromatic rings. The van der Waals surface area contributed by atoms with Crippen molar-refractivity contribution < 1.29 is 21.6 Å². The van der Waals surface area contributed by atoms with E-state index in [4.69, 9.17) is 5.73 Å². The fourth-order valence-corrected chi connectivity index (χ4v) is 4.70. The van der Waals surface area contributed by atoms with E-state index >= 15 is 0 Å². The molecule has 2 rings (SSSR count). The van der Waals surface area contributed by atoms with Crippen molar-refractivity contribution in [2.24, 2.45) is 5.73 Å². The van der Waals surface area contributed by atoms with E-state index in [1.807, 2.05) is 0 Å². The molecule has 1 fully saturated rings. The summed E-state index contributed by atoms with van der Waals surface area (Å²) in [7, 11) is -4.22. The highest BCUT2D eigenvalue weighted by atomic mass is 79.9. The third-order valence-corrected chi connectivity index (χ3v) is 5.93. The van der Waals surface area contributed by atoms with Crippen LogP contribution in [0.4, 0.5) is 13.2 Å². The van der Waals surface area contributed by atoms with Gasteiger partial charge < -0.3 is 5.73 Å². The normalized spacial score (nSPS) is 20.9. The van der Waals surface area contributed by atoms with Gasteiger partial charge in [0.05, 0.1) is 10.5 Å². The highest BCUT2D eigenvalue weighted by molar-refractivity contribution is 9.10. The van der Waals surface area contributed by atoms with Gasteiger partial charge >= 0.3 is 6.18 Å². The molecule has 0 spiro atoms. The van der Waals surface area contributed by atoms with E-state index in [0.29, 0.717) is 12.8 Å². The van der Waals surface area contributed by atoms with Crippen LogP contribution in [0.5, 0.6) is 0 Å². The summed E-state index contributed by atoms with van der Waals surface area (Å²) in [4.78, 5) is -0.724. The lowest BCUT2D eigenvalue weighted by Crippen LogP contribution is -2.40. The molecule has 118 valence electrons. The van der Waals surface area contributed by atoms with Gasteiger partial charge in [0.25, 0.3) is 0 Å². The highest BCUT2D eigenvalue weighted by Gasteiger charge is 2.41. The van der Waals surface area contributed by atoms with Gasteiger partial charge in [0.2, 0.25) is 10.0 Å². The van der Waals surface area contributed by atoms with Crippen molar-refractivity contribution in [3.05, 3.63) is 28.2 Å². The smallest absolute Gasteiger partial charge is 0.329 e. The van der Waals surface area contributed by atoms with Gasteiger partial charge in [-0.1, -0.05) is 15.9 Å². The molecule has 0 radical (unpaired) electrons. The maximum Gasteiger partial charge on any atom is 0.417 e. The van der Waals surface area contributed by atoms with Gasteiger partial charge in [0, 0.05) is 23.6 Å². The second kappa shape index (κ2) is 5.86. The standard InChI is InChI=1S/C12H14BrF3N2O2S/c13-8-3-4-11(10(6-8)12(14,15)16)21(19,20)18-5-1-2-9(18)7-17/h3-4,6,9H,1-2,5,7,17H2/t9-/m1/s1. The minimum absolute atomic E-state index is 0.0944. The van der Waals surface area contributed by atoms with E-state index in [2.05, 4.69) is 15.9 Å². The molecule has 21 heavy (non-hydrogen) atoms. The summed E-state index contributed by atoms with van der Waals surface area (Å²) in [5.41, 5.74) is 4.34. The Morgan fingerprint density at radius 3 is 2.62 bits per heavy atom. The fraction of sp³-hybridized carbons (Fsp3) is 0.500. The second-order valence-corrected chi connectivity index (χ2v) is 7.56. The molecular formula is C12H14BrF3N2O2S. The molecule has 0 unspecified atom stereocenters. The molecule has 1 aromatic carbocycles. The van der Waals surface area contributed by atoms with Crippen molar-refractivity contribution in [1.29, 1.82) is 0 Å². The zero-order valence-electron chi connectivity index (χ0n) is 10.9. The van der Waals surface area contributed by atoms with Gasteiger partial charge in [-0.2, -0.15) is 17.5 Å². The van der Waals surface area contributed by atoms with Crippen LogP contribution < -0.4 is 5.73 Å². The summed E-state index contributed by atoms with van der Waals surface area (Å²) in [6, 6.07) is 2.60. The predicted molar refractivity (Wildman–Crippen MR) is 75.1 cm³/mol. The van der Waals surface area contributed by atoms with Crippen molar-refractivity contribution in [3.63, 3.8) is 0 Å². The molecule has 0 amide bonds. The minimum atomic E-state index is -4.75. The number of sulfonamides is 1. The Labute approximate surface area is 129 Å². The second-order valence-electron chi connectivity index (χ2n) is 4.79. The van der Waals surface area contributed by atoms with Gasteiger partial charge in [0.1, 0.15) is 0 Å². The molecule has 1 saturated heterocycles. The van der Waals surface area contributed by atoms with Crippen LogP contribution in [0.15, 0.2) is 27.6 Å². The zero-order valence-corrected chi connectivity index (χ0v) is 13.3. The van der Waals surface area contributed by atoms with Crippen LogP contribution in [0, 0.1) is 0 Å². The van der Waals surface area contributed by atoms with E-state index in [0.717, 1.165) is 16.4 Å². The lowest BCUT2D eigenvalue weighted by molar-refractivity contribution is -0.140. The number of rotatable bonds is 3. The quantitative estimate of drug-likeness (QED) is 0.867. The third-order valence-electron chi connectivity index (χ3n) is 3.43. The van der Waals surface area contributed by atoms with E-state index in [-0.39, 0.29) is 17.6 Å². The molecule has 1 heterocycles. The Morgan fingerprint density at radius 2 is 2.05 bits per heavy atom. The van der Waals surface area contributed by atoms with Crippen molar-refractivity contribution >= 4 is 26.0 Å². The molecule has 0 aliphatic carbocycles. The molecule has 0 saturated carbocycles. The summed E-state index contributed by atoms with van der Waals surface area (Å²) in [6.45, 7) is 0.286. The number of halogens is 4. The van der Waals surface area contributed by atoms with Crippen LogP contribution in [-0.2, 0) is 16.2 Å². The van der Waals surface area contributed by atoms with Crippen molar-refractivity contribution in [3.8, 4) is 0 Å². The number of nitrogens with zero attached hydrogens (tertiary/aromatic N) is 1. The van der Waals surface area contributed by atoms with Gasteiger partial charge in [-0.05, 0) is 31.0 Å². The van der Waals surface area contributed by atoms with Gasteiger partial charge in [-0.25, -0.2) is 8.42 Å². The Balaban J connectivity index is 2.55. The Bertz CT molecular complexity index is 634. The monoisotopic (exact) mass is 386 g/mol. The first kappa shape index (κ1) is 16.7. The average molecular weight is 387 g/mol. The number of hydrogen-bond donors (Lipinski definition) is 1. The molecule has 1 aliphatic rings. The van der Waals surface area contributed by atoms with Gasteiger partial charge in [0.15, 0.2) is 0 Å². The summed E-state index contributed by atoms with van der Waals surface area (Å²) >= 11 is 2.94. The zero-order chi connectivity index (χ0) is 15.8. The lowest BCUT2D eigenvalue weighted by Gasteiger charge is -2.24. The molecule has 0 bridgehead atoms. The molecule has 0 aromatic heterocycles. The Hall–Kier alpha value is -0.640. The maximum atomic E-state index is 13.1. The molecule has 4 nitrogen and oxygen atoms in total. The SMILES string of the molecule is NC[C@H]1CCCN1S(=O)(=O)c1ccc(Br)cc1C(F)(F)F. The minimum Gasteiger partial charge on any atom is -0.329 e. The van der Waals surface area contributed by atoms with E-state index in [1.54, 1.807) is 0 Å². The summed E-state index contributed by atoms with van der Waals surface area (Å²) in [6.07, 6.45) is -3.59. The molecule has 9 heteroatoms. The maximum absolute atomic E-state index is 13.1. The Kier molecular flexibility index (Phi) is 4.67. The van der Waals surface area contributed by atoms with Crippen LogP contribution in [-0.4, -0.2) is 31.9 Å². The van der Waals surface area contributed by atoms with Crippen molar-refractivity contribution in [1.82, 2.24) is 4.31 Å². The van der Waals surface area contributed by atoms with Gasteiger partial charge in [-0.3, -0.25) is 0 Å². The first-order chi connectivity index (χ1) is 9.67. The number of alkyl halides is 3. The van der Waals surface area contributed by atoms with Crippen LogP contribution >= 0.6 is 15.9 Å². The molecule has 1 atom stereocenters. The molecule has 2 N–H and O–H groups in total. The van der Waals surface area contributed by atoms with Gasteiger partial charge in [-0.15, -0.1) is 0 Å². The molecular weight excluding hydrogens is 373 g/mol. The van der Waals surface area contributed by atoms with E-state index in [9.17, 15) is 21.6 Å². The number of benzene rings is 1. The van der Waals surface area contributed by atoms with Crippen molar-refractivity contribution in [2.45, 2.75) is 30.0 Å². The first-order valence-electron chi connectivity index (χ1n) is 6.26. The van der Waals surface area contributed by atoms with Crippen LogP contribution in [0.1, 0.15) is 18.4 Å². The summed E-state index contributed by atoms with van der Waals surface area (Å²) in [5.74, 6) is 0. The third kappa shape index (κ3) is 3.25. The average Bonchev–Trinajstić information content (AvgIpc) is 2.86. The van der Waals surface area contributed by atoms with E-state index < -0.39 is 32.7 Å². The van der Waals surface area contributed by atoms with E-state index in [1.165, 1.54) is 6.07 Å². The Morgan fingerprint density at radius 1 is 1.38 bits per heavy atom. The van der Waals surface area contributed by atoms with Crippen LogP contribution in [0.3, 0.4) is 0 Å². The molecule has 1 aliphatic heterocycles. The predicted octanol–water partition coefficient (Wildman–Crippen LogP) is 2.58. The lowest BCUT2D eigenvalue weighted by atomic mass is 10.2.